The molecule has 0 unspecified atom stereocenters. The van der Waals surface area contributed by atoms with E-state index in [0.29, 0.717) is 5.41 Å². The van der Waals surface area contributed by atoms with E-state index < -0.39 is 0 Å². The molecular formula is C12H22ClNO2. The molecule has 0 radical (unpaired) electrons. The van der Waals surface area contributed by atoms with Gasteiger partial charge in [-0.2, -0.15) is 0 Å². The molecule has 16 heavy (non-hydrogen) atoms. The summed E-state index contributed by atoms with van der Waals surface area (Å²) in [4.78, 5) is 11.9. The van der Waals surface area contributed by atoms with Crippen LogP contribution in [0.4, 0.5) is 0 Å². The van der Waals surface area contributed by atoms with Crippen molar-refractivity contribution < 1.29 is 9.53 Å². The number of carbonyl (C=O) groups is 1. The molecule has 0 bridgehead atoms. The Kier molecular flexibility index (Phi) is 3.91. The third-order valence-corrected chi connectivity index (χ3v) is 3.48. The van der Waals surface area contributed by atoms with Gasteiger partial charge in [-0.3, -0.25) is 4.79 Å². The highest BCUT2D eigenvalue weighted by Crippen LogP contribution is 2.59. The molecule has 4 heteroatoms. The highest BCUT2D eigenvalue weighted by Gasteiger charge is 2.59. The fourth-order valence-electron chi connectivity index (χ4n) is 2.53. The van der Waals surface area contributed by atoms with Crippen molar-refractivity contribution in [2.75, 3.05) is 13.1 Å². The van der Waals surface area contributed by atoms with Crippen molar-refractivity contribution in [3.05, 3.63) is 0 Å². The number of ether oxygens (including phenoxy) is 1. The minimum Gasteiger partial charge on any atom is -0.460 e. The summed E-state index contributed by atoms with van der Waals surface area (Å²) in [6, 6.07) is 0. The lowest BCUT2D eigenvalue weighted by Crippen LogP contribution is -2.32. The van der Waals surface area contributed by atoms with E-state index in [9.17, 15) is 4.79 Å². The molecule has 3 nitrogen and oxygen atoms in total. The first kappa shape index (κ1) is 13.8. The van der Waals surface area contributed by atoms with Crippen molar-refractivity contribution in [1.82, 2.24) is 5.32 Å². The van der Waals surface area contributed by atoms with Crippen LogP contribution in [-0.4, -0.2) is 24.7 Å². The van der Waals surface area contributed by atoms with E-state index >= 15 is 0 Å². The van der Waals surface area contributed by atoms with Gasteiger partial charge in [0, 0.05) is 0 Å². The minimum absolute atomic E-state index is 0. The summed E-state index contributed by atoms with van der Waals surface area (Å²) in [5.41, 5.74) is -0.0403. The predicted molar refractivity (Wildman–Crippen MR) is 65.7 cm³/mol. The van der Waals surface area contributed by atoms with Crippen LogP contribution in [0.1, 0.15) is 40.0 Å². The summed E-state index contributed by atoms with van der Waals surface area (Å²) in [6.45, 7) is 7.91. The van der Waals surface area contributed by atoms with Crippen molar-refractivity contribution in [2.45, 2.75) is 45.6 Å². The van der Waals surface area contributed by atoms with Crippen LogP contribution in [0.3, 0.4) is 0 Å². The first-order valence-corrected chi connectivity index (χ1v) is 5.87. The Hall–Kier alpha value is -0.280. The SMILES string of the molecule is CC(C)(C)OC(=O)[C@@H]1CC12CCNCC2.Cl. The van der Waals surface area contributed by atoms with Gasteiger partial charge < -0.3 is 10.1 Å². The number of hydrogen-bond donors (Lipinski definition) is 1. The molecule has 2 aliphatic rings. The lowest BCUT2D eigenvalue weighted by Gasteiger charge is -2.25. The fraction of sp³-hybridized carbons (Fsp3) is 0.917. The van der Waals surface area contributed by atoms with Gasteiger partial charge in [0.05, 0.1) is 5.92 Å². The fourth-order valence-corrected chi connectivity index (χ4v) is 2.53. The van der Waals surface area contributed by atoms with E-state index in [1.165, 1.54) is 0 Å². The van der Waals surface area contributed by atoms with E-state index in [2.05, 4.69) is 5.32 Å². The molecule has 0 aromatic carbocycles. The molecule has 1 heterocycles. The molecule has 0 aromatic heterocycles. The molecule has 1 spiro atoms. The highest BCUT2D eigenvalue weighted by atomic mass is 35.5. The summed E-state index contributed by atoms with van der Waals surface area (Å²) >= 11 is 0. The summed E-state index contributed by atoms with van der Waals surface area (Å²) in [5, 5.41) is 3.34. The normalized spacial score (nSPS) is 27.1. The molecule has 94 valence electrons. The molecular weight excluding hydrogens is 226 g/mol. The standard InChI is InChI=1S/C12H21NO2.ClH/c1-11(2,3)15-10(14)9-8-12(9)4-6-13-7-5-12;/h9,13H,4-8H2,1-3H3;1H/t9-;/m0./s1. The number of piperidine rings is 1. The van der Waals surface area contributed by atoms with Gasteiger partial charge in [0.25, 0.3) is 0 Å². The Labute approximate surface area is 104 Å². The lowest BCUT2D eigenvalue weighted by atomic mass is 9.92. The Morgan fingerprint density at radius 1 is 1.31 bits per heavy atom. The van der Waals surface area contributed by atoms with Gasteiger partial charge in [-0.25, -0.2) is 0 Å². The topological polar surface area (TPSA) is 38.3 Å². The zero-order chi connectivity index (χ0) is 11.1. The lowest BCUT2D eigenvalue weighted by molar-refractivity contribution is -0.157. The average molecular weight is 248 g/mol. The third-order valence-electron chi connectivity index (χ3n) is 3.48. The quantitative estimate of drug-likeness (QED) is 0.722. The zero-order valence-electron chi connectivity index (χ0n) is 10.3. The van der Waals surface area contributed by atoms with E-state index in [4.69, 9.17) is 4.74 Å². The molecule has 2 rings (SSSR count). The molecule has 0 amide bonds. The van der Waals surface area contributed by atoms with Crippen LogP contribution in [0, 0.1) is 11.3 Å². The second-order valence-corrected chi connectivity index (χ2v) is 5.90. The zero-order valence-corrected chi connectivity index (χ0v) is 11.2. The molecule has 1 saturated carbocycles. The van der Waals surface area contributed by atoms with Gasteiger partial charge in [-0.05, 0) is 58.5 Å². The summed E-state index contributed by atoms with van der Waals surface area (Å²) in [5.74, 6) is 0.197. The first-order valence-electron chi connectivity index (χ1n) is 5.87. The largest absolute Gasteiger partial charge is 0.460 e. The van der Waals surface area contributed by atoms with Crippen molar-refractivity contribution in [2.24, 2.45) is 11.3 Å². The van der Waals surface area contributed by atoms with Crippen LogP contribution >= 0.6 is 12.4 Å². The smallest absolute Gasteiger partial charge is 0.310 e. The van der Waals surface area contributed by atoms with E-state index in [-0.39, 0.29) is 29.9 Å². The molecule has 2 fully saturated rings. The summed E-state index contributed by atoms with van der Waals surface area (Å²) in [6.07, 6.45) is 3.32. The van der Waals surface area contributed by atoms with Crippen LogP contribution in [0.5, 0.6) is 0 Å². The van der Waals surface area contributed by atoms with Gasteiger partial charge in [0.2, 0.25) is 0 Å². The Balaban J connectivity index is 0.00000128. The maximum absolute atomic E-state index is 11.9. The molecule has 1 N–H and O–H groups in total. The second-order valence-electron chi connectivity index (χ2n) is 5.90. The van der Waals surface area contributed by atoms with Crippen molar-refractivity contribution in [3.63, 3.8) is 0 Å². The van der Waals surface area contributed by atoms with Gasteiger partial charge in [0.1, 0.15) is 5.60 Å². The van der Waals surface area contributed by atoms with E-state index in [1.54, 1.807) is 0 Å². The molecule has 1 aliphatic heterocycles. The Morgan fingerprint density at radius 3 is 2.38 bits per heavy atom. The Bertz CT molecular complexity index is 267. The predicted octanol–water partition coefficient (Wildman–Crippen LogP) is 2.14. The average Bonchev–Trinajstić information content (AvgIpc) is 2.78. The first-order chi connectivity index (χ1) is 6.93. The molecule has 1 atom stereocenters. The minimum atomic E-state index is -0.340. The van der Waals surface area contributed by atoms with Crippen LogP contribution < -0.4 is 5.32 Å². The van der Waals surface area contributed by atoms with E-state index in [0.717, 1.165) is 32.4 Å². The summed E-state index contributed by atoms with van der Waals surface area (Å²) in [7, 11) is 0. The third kappa shape index (κ3) is 2.89. The second kappa shape index (κ2) is 4.53. The van der Waals surface area contributed by atoms with E-state index in [1.807, 2.05) is 20.8 Å². The van der Waals surface area contributed by atoms with Crippen LogP contribution in [0.25, 0.3) is 0 Å². The van der Waals surface area contributed by atoms with Crippen molar-refractivity contribution in [3.8, 4) is 0 Å². The van der Waals surface area contributed by atoms with Gasteiger partial charge in [-0.15, -0.1) is 12.4 Å². The number of carbonyl (C=O) groups excluding carboxylic acids is 1. The molecule has 1 aliphatic carbocycles. The number of hydrogen-bond acceptors (Lipinski definition) is 3. The summed E-state index contributed by atoms with van der Waals surface area (Å²) < 4.78 is 5.43. The maximum atomic E-state index is 11.9. The highest BCUT2D eigenvalue weighted by molar-refractivity contribution is 5.85. The van der Waals surface area contributed by atoms with Crippen LogP contribution in [0.2, 0.25) is 0 Å². The van der Waals surface area contributed by atoms with Gasteiger partial charge in [0.15, 0.2) is 0 Å². The Morgan fingerprint density at radius 2 is 1.88 bits per heavy atom. The van der Waals surface area contributed by atoms with Gasteiger partial charge >= 0.3 is 5.97 Å². The number of halogens is 1. The number of rotatable bonds is 1. The van der Waals surface area contributed by atoms with Crippen LogP contribution in [-0.2, 0) is 9.53 Å². The van der Waals surface area contributed by atoms with Crippen molar-refractivity contribution >= 4 is 18.4 Å². The van der Waals surface area contributed by atoms with Crippen LogP contribution in [0.15, 0.2) is 0 Å². The molecule has 0 aromatic rings. The monoisotopic (exact) mass is 247 g/mol. The van der Waals surface area contributed by atoms with Crippen molar-refractivity contribution in [1.29, 1.82) is 0 Å². The number of esters is 1. The molecule has 1 saturated heterocycles. The maximum Gasteiger partial charge on any atom is 0.310 e. The number of nitrogens with one attached hydrogen (secondary N) is 1. The van der Waals surface area contributed by atoms with Gasteiger partial charge in [-0.1, -0.05) is 0 Å².